The van der Waals surface area contributed by atoms with E-state index in [1.807, 2.05) is 0 Å². The number of likely N-dealkylation sites (tertiary alicyclic amines) is 1. The van der Waals surface area contributed by atoms with Crippen molar-refractivity contribution in [1.29, 1.82) is 0 Å². The summed E-state index contributed by atoms with van der Waals surface area (Å²) in [5, 5.41) is 0. The monoisotopic (exact) mass is 277 g/mol. The standard InChI is InChI=1S/C16H20FNO2/c1-11(2)13-8-16(20)18(9-13)10-14(19)7-12-5-3-4-6-15(12)17/h3-6,11,13H,7-10H2,1-2H3. The molecule has 1 aromatic carbocycles. The van der Waals surface area contributed by atoms with Gasteiger partial charge in [-0.25, -0.2) is 4.39 Å². The summed E-state index contributed by atoms with van der Waals surface area (Å²) in [7, 11) is 0. The maximum absolute atomic E-state index is 13.5. The summed E-state index contributed by atoms with van der Waals surface area (Å²) in [5.41, 5.74) is 0.393. The number of carbonyl (C=O) groups excluding carboxylic acids is 2. The Labute approximate surface area is 118 Å². The van der Waals surface area contributed by atoms with Crippen molar-refractivity contribution in [2.45, 2.75) is 26.7 Å². The molecule has 0 aromatic heterocycles. The van der Waals surface area contributed by atoms with Gasteiger partial charge in [0.15, 0.2) is 5.78 Å². The number of benzene rings is 1. The van der Waals surface area contributed by atoms with Crippen molar-refractivity contribution in [3.8, 4) is 0 Å². The normalized spacial score (nSPS) is 18.9. The van der Waals surface area contributed by atoms with Gasteiger partial charge in [-0.2, -0.15) is 0 Å². The van der Waals surface area contributed by atoms with E-state index >= 15 is 0 Å². The van der Waals surface area contributed by atoms with Crippen molar-refractivity contribution >= 4 is 11.7 Å². The summed E-state index contributed by atoms with van der Waals surface area (Å²) in [6, 6.07) is 6.26. The molecule has 1 saturated heterocycles. The van der Waals surface area contributed by atoms with Crippen molar-refractivity contribution in [3.63, 3.8) is 0 Å². The average Bonchev–Trinajstić information content (AvgIpc) is 2.74. The van der Waals surface area contributed by atoms with Crippen molar-refractivity contribution in [2.75, 3.05) is 13.1 Å². The van der Waals surface area contributed by atoms with Crippen molar-refractivity contribution in [2.24, 2.45) is 11.8 Å². The van der Waals surface area contributed by atoms with Crippen molar-refractivity contribution in [3.05, 3.63) is 35.6 Å². The SMILES string of the molecule is CC(C)C1CC(=O)N(CC(=O)Cc2ccccc2F)C1. The lowest BCUT2D eigenvalue weighted by molar-refractivity contribution is -0.132. The molecule has 0 spiro atoms. The lowest BCUT2D eigenvalue weighted by Gasteiger charge is -2.17. The minimum atomic E-state index is -0.367. The summed E-state index contributed by atoms with van der Waals surface area (Å²) in [6.07, 6.45) is 0.563. The number of amides is 1. The Kier molecular flexibility index (Phi) is 4.53. The minimum absolute atomic E-state index is 0.0329. The Morgan fingerprint density at radius 2 is 2.10 bits per heavy atom. The number of halogens is 1. The summed E-state index contributed by atoms with van der Waals surface area (Å²) < 4.78 is 13.5. The van der Waals surface area contributed by atoms with Gasteiger partial charge in [0, 0.05) is 19.4 Å². The molecule has 20 heavy (non-hydrogen) atoms. The molecule has 1 amide bonds. The molecule has 0 N–H and O–H groups in total. The molecule has 0 bridgehead atoms. The largest absolute Gasteiger partial charge is 0.335 e. The molecule has 4 heteroatoms. The fraction of sp³-hybridized carbons (Fsp3) is 0.500. The first-order valence-electron chi connectivity index (χ1n) is 7.00. The second kappa shape index (κ2) is 6.16. The van der Waals surface area contributed by atoms with Crippen LogP contribution in [0.25, 0.3) is 0 Å². The zero-order valence-electron chi connectivity index (χ0n) is 11.9. The maximum atomic E-state index is 13.5. The molecular formula is C16H20FNO2. The fourth-order valence-electron chi connectivity index (χ4n) is 2.53. The molecule has 0 saturated carbocycles. The molecule has 1 unspecified atom stereocenters. The lowest BCUT2D eigenvalue weighted by Crippen LogP contribution is -2.32. The highest BCUT2D eigenvalue weighted by Crippen LogP contribution is 2.24. The average molecular weight is 277 g/mol. The van der Waals surface area contributed by atoms with Crippen LogP contribution in [-0.2, 0) is 16.0 Å². The minimum Gasteiger partial charge on any atom is -0.335 e. The van der Waals surface area contributed by atoms with Gasteiger partial charge >= 0.3 is 0 Å². The summed E-state index contributed by atoms with van der Waals surface area (Å²) in [4.78, 5) is 25.4. The Balaban J connectivity index is 1.92. The van der Waals surface area contributed by atoms with Crippen LogP contribution in [0, 0.1) is 17.7 Å². The van der Waals surface area contributed by atoms with E-state index < -0.39 is 0 Å². The first-order valence-corrected chi connectivity index (χ1v) is 7.00. The first-order chi connectivity index (χ1) is 9.47. The number of rotatable bonds is 5. The van der Waals surface area contributed by atoms with Crippen LogP contribution in [0.2, 0.25) is 0 Å². The number of hydrogen-bond acceptors (Lipinski definition) is 2. The van der Waals surface area contributed by atoms with Gasteiger partial charge in [-0.15, -0.1) is 0 Å². The summed E-state index contributed by atoms with van der Waals surface area (Å²) in [6.45, 7) is 4.90. The van der Waals surface area contributed by atoms with E-state index in [2.05, 4.69) is 13.8 Å². The number of carbonyl (C=O) groups is 2. The van der Waals surface area contributed by atoms with Gasteiger partial charge in [0.25, 0.3) is 0 Å². The Morgan fingerprint density at radius 3 is 2.70 bits per heavy atom. The van der Waals surface area contributed by atoms with Crippen LogP contribution in [0.15, 0.2) is 24.3 Å². The third kappa shape index (κ3) is 3.44. The second-order valence-electron chi connectivity index (χ2n) is 5.79. The molecule has 1 heterocycles. The molecule has 1 aliphatic rings. The van der Waals surface area contributed by atoms with Gasteiger partial charge in [-0.3, -0.25) is 9.59 Å². The highest BCUT2D eigenvalue weighted by Gasteiger charge is 2.32. The lowest BCUT2D eigenvalue weighted by atomic mass is 9.95. The van der Waals surface area contributed by atoms with Crippen LogP contribution in [-0.4, -0.2) is 29.7 Å². The molecule has 0 aliphatic carbocycles. The van der Waals surface area contributed by atoms with Crippen LogP contribution >= 0.6 is 0 Å². The zero-order chi connectivity index (χ0) is 14.7. The molecule has 2 rings (SSSR count). The van der Waals surface area contributed by atoms with Gasteiger partial charge in [0.05, 0.1) is 6.54 Å². The van der Waals surface area contributed by atoms with Crippen molar-refractivity contribution < 1.29 is 14.0 Å². The quantitative estimate of drug-likeness (QED) is 0.829. The summed E-state index contributed by atoms with van der Waals surface area (Å²) >= 11 is 0. The van der Waals surface area contributed by atoms with Crippen LogP contribution in [0.1, 0.15) is 25.8 Å². The van der Waals surface area contributed by atoms with Gasteiger partial charge < -0.3 is 4.90 Å². The van der Waals surface area contributed by atoms with Crippen LogP contribution in [0.4, 0.5) is 4.39 Å². The predicted molar refractivity (Wildman–Crippen MR) is 74.6 cm³/mol. The van der Waals surface area contributed by atoms with E-state index in [1.54, 1.807) is 23.1 Å². The second-order valence-corrected chi connectivity index (χ2v) is 5.79. The van der Waals surface area contributed by atoms with E-state index in [-0.39, 0.29) is 30.5 Å². The number of ketones is 1. The number of Topliss-reactive ketones (excluding diaryl/α,β-unsaturated/α-hetero) is 1. The Bertz CT molecular complexity index is 513. The molecule has 1 aromatic rings. The molecule has 3 nitrogen and oxygen atoms in total. The van der Waals surface area contributed by atoms with Crippen LogP contribution in [0.5, 0.6) is 0 Å². The topological polar surface area (TPSA) is 37.4 Å². The molecule has 108 valence electrons. The van der Waals surface area contributed by atoms with Crippen LogP contribution in [0.3, 0.4) is 0 Å². The zero-order valence-corrected chi connectivity index (χ0v) is 11.9. The Hall–Kier alpha value is -1.71. The Morgan fingerprint density at radius 1 is 1.40 bits per heavy atom. The highest BCUT2D eigenvalue weighted by molar-refractivity contribution is 5.88. The van der Waals surface area contributed by atoms with Gasteiger partial charge in [-0.05, 0) is 23.5 Å². The number of hydrogen-bond donors (Lipinski definition) is 0. The van der Waals surface area contributed by atoms with Crippen molar-refractivity contribution in [1.82, 2.24) is 4.90 Å². The fourth-order valence-corrected chi connectivity index (χ4v) is 2.53. The summed E-state index contributed by atoms with van der Waals surface area (Å²) in [5.74, 6) is 0.307. The van der Waals surface area contributed by atoms with E-state index in [0.717, 1.165) is 0 Å². The van der Waals surface area contributed by atoms with E-state index in [1.165, 1.54) is 6.07 Å². The third-order valence-electron chi connectivity index (χ3n) is 3.90. The molecule has 1 fully saturated rings. The van der Waals surface area contributed by atoms with Gasteiger partial charge in [-0.1, -0.05) is 32.0 Å². The highest BCUT2D eigenvalue weighted by atomic mass is 19.1. The molecular weight excluding hydrogens is 257 g/mol. The molecule has 1 aliphatic heterocycles. The molecule has 1 atom stereocenters. The van der Waals surface area contributed by atoms with Gasteiger partial charge in [0.2, 0.25) is 5.91 Å². The predicted octanol–water partition coefficient (Wildman–Crippen LogP) is 2.44. The third-order valence-corrected chi connectivity index (χ3v) is 3.90. The van der Waals surface area contributed by atoms with E-state index in [4.69, 9.17) is 0 Å². The first kappa shape index (κ1) is 14.7. The van der Waals surface area contributed by atoms with E-state index in [9.17, 15) is 14.0 Å². The van der Waals surface area contributed by atoms with Crippen LogP contribution < -0.4 is 0 Å². The van der Waals surface area contributed by atoms with E-state index in [0.29, 0.717) is 30.4 Å². The van der Waals surface area contributed by atoms with Gasteiger partial charge in [0.1, 0.15) is 5.82 Å². The maximum Gasteiger partial charge on any atom is 0.223 e. The smallest absolute Gasteiger partial charge is 0.223 e. The molecule has 0 radical (unpaired) electrons. The number of nitrogens with zero attached hydrogens (tertiary/aromatic N) is 1.